The number of carbonyl (C=O) groups excluding carboxylic acids is 1. The third kappa shape index (κ3) is 3.36. The maximum absolute atomic E-state index is 11.5. The highest BCUT2D eigenvalue weighted by atomic mass is 32.2. The maximum Gasteiger partial charge on any atom is 0.264 e. The smallest absolute Gasteiger partial charge is 0.264 e. The van der Waals surface area contributed by atoms with Crippen molar-refractivity contribution in [3.05, 3.63) is 35.4 Å². The van der Waals surface area contributed by atoms with Crippen LogP contribution in [0.4, 0.5) is 0 Å². The molecule has 0 aliphatic carbocycles. The van der Waals surface area contributed by atoms with E-state index in [-0.39, 0.29) is 5.75 Å². The van der Waals surface area contributed by atoms with Crippen LogP contribution in [0, 0.1) is 6.92 Å². The second-order valence-electron chi connectivity index (χ2n) is 3.20. The van der Waals surface area contributed by atoms with Crippen LogP contribution in [0.25, 0.3) is 0 Å². The lowest BCUT2D eigenvalue weighted by atomic mass is 10.1. The second-order valence-corrected chi connectivity index (χ2v) is 5.22. The van der Waals surface area contributed by atoms with E-state index >= 15 is 0 Å². The Labute approximate surface area is 89.4 Å². The van der Waals surface area contributed by atoms with Gasteiger partial charge in [-0.05, 0) is 26.0 Å². The first-order valence-electron chi connectivity index (χ1n) is 4.56. The highest BCUT2D eigenvalue weighted by Gasteiger charge is 2.13. The summed E-state index contributed by atoms with van der Waals surface area (Å²) < 4.78 is 24.3. The summed E-state index contributed by atoms with van der Waals surface area (Å²) in [5.41, 5.74) is 1.27. The van der Waals surface area contributed by atoms with Crippen molar-refractivity contribution in [3.63, 3.8) is 0 Å². The SMILES string of the molecule is CCS(=O)(=O)NC(=O)c1cccc(C)c1. The van der Waals surface area contributed by atoms with Crippen LogP contribution in [0.1, 0.15) is 22.8 Å². The molecule has 1 N–H and O–H groups in total. The minimum absolute atomic E-state index is 0.107. The monoisotopic (exact) mass is 227 g/mol. The van der Waals surface area contributed by atoms with Gasteiger partial charge in [-0.3, -0.25) is 4.79 Å². The summed E-state index contributed by atoms with van der Waals surface area (Å²) in [6.45, 7) is 3.32. The number of carbonyl (C=O) groups is 1. The van der Waals surface area contributed by atoms with Gasteiger partial charge in [0, 0.05) is 5.56 Å². The van der Waals surface area contributed by atoms with Gasteiger partial charge in [0.25, 0.3) is 5.91 Å². The summed E-state index contributed by atoms with van der Waals surface area (Å²) >= 11 is 0. The third-order valence-corrected chi connectivity index (χ3v) is 3.16. The summed E-state index contributed by atoms with van der Waals surface area (Å²) in [4.78, 5) is 11.5. The number of sulfonamides is 1. The molecular formula is C10H13NO3S. The lowest BCUT2D eigenvalue weighted by Crippen LogP contribution is -2.31. The normalized spacial score (nSPS) is 11.1. The van der Waals surface area contributed by atoms with E-state index in [0.29, 0.717) is 5.56 Å². The van der Waals surface area contributed by atoms with Crippen LogP contribution < -0.4 is 4.72 Å². The topological polar surface area (TPSA) is 63.2 Å². The average Bonchev–Trinajstić information content (AvgIpc) is 2.17. The summed E-state index contributed by atoms with van der Waals surface area (Å²) in [5, 5.41) is 0. The molecule has 1 amide bonds. The fraction of sp³-hybridized carbons (Fsp3) is 0.300. The lowest BCUT2D eigenvalue weighted by Gasteiger charge is -2.04. The van der Waals surface area contributed by atoms with Crippen LogP contribution in [0.2, 0.25) is 0 Å². The van der Waals surface area contributed by atoms with Crippen molar-refractivity contribution in [2.45, 2.75) is 13.8 Å². The van der Waals surface area contributed by atoms with Crippen LogP contribution >= 0.6 is 0 Å². The van der Waals surface area contributed by atoms with Gasteiger partial charge in [-0.1, -0.05) is 17.7 Å². The molecule has 0 radical (unpaired) electrons. The summed E-state index contributed by atoms with van der Waals surface area (Å²) in [7, 11) is -3.48. The van der Waals surface area contributed by atoms with Gasteiger partial charge in [0.05, 0.1) is 5.75 Å². The van der Waals surface area contributed by atoms with Gasteiger partial charge < -0.3 is 0 Å². The zero-order chi connectivity index (χ0) is 11.5. The Kier molecular flexibility index (Phi) is 3.47. The van der Waals surface area contributed by atoms with E-state index in [1.807, 2.05) is 17.7 Å². The Morgan fingerprint density at radius 2 is 2.07 bits per heavy atom. The molecule has 15 heavy (non-hydrogen) atoms. The van der Waals surface area contributed by atoms with E-state index < -0.39 is 15.9 Å². The molecule has 0 atom stereocenters. The van der Waals surface area contributed by atoms with Gasteiger partial charge in [0.15, 0.2) is 0 Å². The highest BCUT2D eigenvalue weighted by molar-refractivity contribution is 7.90. The van der Waals surface area contributed by atoms with Crippen LogP contribution in [-0.2, 0) is 10.0 Å². The fourth-order valence-corrected chi connectivity index (χ4v) is 1.60. The molecule has 0 saturated heterocycles. The van der Waals surface area contributed by atoms with E-state index in [2.05, 4.69) is 0 Å². The van der Waals surface area contributed by atoms with Crippen molar-refractivity contribution in [3.8, 4) is 0 Å². The Hall–Kier alpha value is -1.36. The molecule has 1 rings (SSSR count). The van der Waals surface area contributed by atoms with Crippen LogP contribution in [0.15, 0.2) is 24.3 Å². The quantitative estimate of drug-likeness (QED) is 0.840. The van der Waals surface area contributed by atoms with Gasteiger partial charge in [0.1, 0.15) is 0 Å². The predicted molar refractivity (Wildman–Crippen MR) is 58.1 cm³/mol. The molecule has 1 aromatic carbocycles. The number of hydrogen-bond donors (Lipinski definition) is 1. The van der Waals surface area contributed by atoms with Crippen LogP contribution in [-0.4, -0.2) is 20.1 Å². The van der Waals surface area contributed by atoms with Crippen molar-refractivity contribution >= 4 is 15.9 Å². The van der Waals surface area contributed by atoms with E-state index in [4.69, 9.17) is 0 Å². The third-order valence-electron chi connectivity index (χ3n) is 1.91. The molecule has 0 unspecified atom stereocenters. The Morgan fingerprint density at radius 1 is 1.40 bits per heavy atom. The molecule has 5 heteroatoms. The van der Waals surface area contributed by atoms with E-state index in [0.717, 1.165) is 5.56 Å². The average molecular weight is 227 g/mol. The molecule has 82 valence electrons. The maximum atomic E-state index is 11.5. The molecule has 0 aliphatic rings. The molecule has 0 spiro atoms. The number of hydrogen-bond acceptors (Lipinski definition) is 3. The summed E-state index contributed by atoms with van der Waals surface area (Å²) in [6, 6.07) is 6.77. The summed E-state index contributed by atoms with van der Waals surface area (Å²) in [6.07, 6.45) is 0. The predicted octanol–water partition coefficient (Wildman–Crippen LogP) is 1.07. The van der Waals surface area contributed by atoms with Gasteiger partial charge in [0.2, 0.25) is 10.0 Å². The van der Waals surface area contributed by atoms with Crippen molar-refractivity contribution in [2.24, 2.45) is 0 Å². The Bertz CT molecular complexity index is 465. The molecular weight excluding hydrogens is 214 g/mol. The number of nitrogens with one attached hydrogen (secondary N) is 1. The molecule has 0 fully saturated rings. The fourth-order valence-electron chi connectivity index (χ4n) is 1.06. The van der Waals surface area contributed by atoms with Gasteiger partial charge in [-0.15, -0.1) is 0 Å². The first-order valence-corrected chi connectivity index (χ1v) is 6.21. The largest absolute Gasteiger partial charge is 0.268 e. The number of amides is 1. The lowest BCUT2D eigenvalue weighted by molar-refractivity contribution is 0.0981. The molecule has 0 aliphatic heterocycles. The van der Waals surface area contributed by atoms with Crippen LogP contribution in [0.3, 0.4) is 0 Å². The Morgan fingerprint density at radius 3 is 2.60 bits per heavy atom. The number of rotatable bonds is 3. The highest BCUT2D eigenvalue weighted by Crippen LogP contribution is 2.04. The second kappa shape index (κ2) is 4.44. The number of benzene rings is 1. The zero-order valence-corrected chi connectivity index (χ0v) is 9.47. The molecule has 1 aromatic rings. The van der Waals surface area contributed by atoms with Crippen molar-refractivity contribution in [1.29, 1.82) is 0 Å². The Balaban J connectivity index is 2.87. The minimum atomic E-state index is -3.48. The molecule has 0 bridgehead atoms. The first-order chi connectivity index (χ1) is 6.94. The van der Waals surface area contributed by atoms with Crippen molar-refractivity contribution in [1.82, 2.24) is 4.72 Å². The summed E-state index contributed by atoms with van der Waals surface area (Å²) in [5.74, 6) is -0.689. The standard InChI is InChI=1S/C10H13NO3S/c1-3-15(13,14)11-10(12)9-6-4-5-8(2)7-9/h4-7H,3H2,1-2H3,(H,11,12). The van der Waals surface area contributed by atoms with Crippen LogP contribution in [0.5, 0.6) is 0 Å². The van der Waals surface area contributed by atoms with Crippen molar-refractivity contribution < 1.29 is 13.2 Å². The minimum Gasteiger partial charge on any atom is -0.268 e. The van der Waals surface area contributed by atoms with E-state index in [1.54, 1.807) is 18.2 Å². The van der Waals surface area contributed by atoms with Gasteiger partial charge in [-0.25, -0.2) is 13.1 Å². The van der Waals surface area contributed by atoms with E-state index in [9.17, 15) is 13.2 Å². The molecule has 4 nitrogen and oxygen atoms in total. The zero-order valence-electron chi connectivity index (χ0n) is 8.65. The molecule has 0 heterocycles. The van der Waals surface area contributed by atoms with Crippen molar-refractivity contribution in [2.75, 3.05) is 5.75 Å². The molecule has 0 aromatic heterocycles. The first kappa shape index (κ1) is 11.7. The van der Waals surface area contributed by atoms with Gasteiger partial charge in [-0.2, -0.15) is 0 Å². The van der Waals surface area contributed by atoms with E-state index in [1.165, 1.54) is 6.92 Å². The number of aryl methyl sites for hydroxylation is 1. The van der Waals surface area contributed by atoms with Gasteiger partial charge >= 0.3 is 0 Å². The molecule has 0 saturated carbocycles.